The molecule has 1 aromatic heterocycles. The molecule has 0 spiro atoms. The number of rotatable bonds is 6. The van der Waals surface area contributed by atoms with Gasteiger partial charge in [0.25, 0.3) is 0 Å². The first-order valence-electron chi connectivity index (χ1n) is 5.52. The molecular formula is C11H16F3N3. The summed E-state index contributed by atoms with van der Waals surface area (Å²) in [7, 11) is 0. The van der Waals surface area contributed by atoms with Crippen LogP contribution in [0.15, 0.2) is 18.3 Å². The van der Waals surface area contributed by atoms with Crippen molar-refractivity contribution < 1.29 is 13.2 Å². The van der Waals surface area contributed by atoms with Crippen molar-refractivity contribution >= 4 is 5.82 Å². The molecule has 1 rings (SSSR count). The fourth-order valence-corrected chi connectivity index (χ4v) is 1.43. The molecule has 0 saturated heterocycles. The van der Waals surface area contributed by atoms with Gasteiger partial charge in [-0.2, -0.15) is 13.2 Å². The molecule has 0 saturated carbocycles. The zero-order valence-corrected chi connectivity index (χ0v) is 9.43. The average molecular weight is 247 g/mol. The Morgan fingerprint density at radius 3 is 2.65 bits per heavy atom. The fourth-order valence-electron chi connectivity index (χ4n) is 1.43. The van der Waals surface area contributed by atoms with Crippen LogP contribution in [-0.4, -0.2) is 18.1 Å². The number of alkyl halides is 3. The zero-order chi connectivity index (χ0) is 12.7. The minimum absolute atomic E-state index is 0.104. The maximum absolute atomic E-state index is 12.6. The van der Waals surface area contributed by atoms with E-state index in [0.29, 0.717) is 13.1 Å². The molecular weight excluding hydrogens is 231 g/mol. The topological polar surface area (TPSA) is 50.9 Å². The van der Waals surface area contributed by atoms with Gasteiger partial charge in [-0.3, -0.25) is 0 Å². The summed E-state index contributed by atoms with van der Waals surface area (Å²) in [5.74, 6) is -0.104. The summed E-state index contributed by atoms with van der Waals surface area (Å²) in [6, 6.07) is 2.30. The highest BCUT2D eigenvalue weighted by molar-refractivity contribution is 5.45. The number of hydrogen-bond acceptors (Lipinski definition) is 3. The molecule has 96 valence electrons. The van der Waals surface area contributed by atoms with E-state index in [0.717, 1.165) is 25.3 Å². The van der Waals surface area contributed by atoms with Crippen LogP contribution < -0.4 is 11.1 Å². The summed E-state index contributed by atoms with van der Waals surface area (Å²) in [6.07, 6.45) is -0.454. The summed E-state index contributed by atoms with van der Waals surface area (Å²) >= 11 is 0. The molecule has 1 heterocycles. The second-order valence-corrected chi connectivity index (χ2v) is 3.67. The highest BCUT2D eigenvalue weighted by Gasteiger charge is 2.33. The third-order valence-electron chi connectivity index (χ3n) is 2.29. The molecule has 0 aromatic carbocycles. The predicted molar refractivity (Wildman–Crippen MR) is 60.6 cm³/mol. The summed E-state index contributed by atoms with van der Waals surface area (Å²) in [6.45, 7) is 1.08. The Balaban J connectivity index is 2.53. The monoisotopic (exact) mass is 247 g/mol. The van der Waals surface area contributed by atoms with Crippen LogP contribution in [0.4, 0.5) is 19.0 Å². The first-order chi connectivity index (χ1) is 8.05. The Hall–Kier alpha value is -1.30. The van der Waals surface area contributed by atoms with Gasteiger partial charge in [-0.15, -0.1) is 0 Å². The van der Waals surface area contributed by atoms with Crippen molar-refractivity contribution in [2.45, 2.75) is 25.4 Å². The minimum atomic E-state index is -4.37. The second-order valence-electron chi connectivity index (χ2n) is 3.67. The quantitative estimate of drug-likeness (QED) is 0.760. The minimum Gasteiger partial charge on any atom is -0.370 e. The predicted octanol–water partition coefficient (Wildman–Crippen LogP) is 2.64. The Morgan fingerprint density at radius 2 is 2.00 bits per heavy atom. The number of nitrogens with one attached hydrogen (secondary N) is 1. The molecule has 0 amide bonds. The standard InChI is InChI=1S/C11H16F3N3/c12-11(13,14)9-5-4-8-17-10(9)16-7-3-1-2-6-15/h4-5,8H,1-3,6-7,15H2,(H,16,17). The first kappa shape index (κ1) is 13.8. The van der Waals surface area contributed by atoms with Crippen molar-refractivity contribution in [2.24, 2.45) is 5.73 Å². The Morgan fingerprint density at radius 1 is 1.24 bits per heavy atom. The molecule has 0 radical (unpaired) electrons. The fraction of sp³-hybridized carbons (Fsp3) is 0.545. The van der Waals surface area contributed by atoms with Gasteiger partial charge in [0.05, 0.1) is 5.56 Å². The van der Waals surface area contributed by atoms with Crippen LogP contribution in [0.25, 0.3) is 0 Å². The summed E-state index contributed by atoms with van der Waals surface area (Å²) in [5.41, 5.74) is 4.60. The van der Waals surface area contributed by atoms with E-state index < -0.39 is 11.7 Å². The van der Waals surface area contributed by atoms with E-state index in [4.69, 9.17) is 5.73 Å². The maximum Gasteiger partial charge on any atom is 0.419 e. The van der Waals surface area contributed by atoms with Gasteiger partial charge in [-0.25, -0.2) is 4.98 Å². The zero-order valence-electron chi connectivity index (χ0n) is 9.43. The highest BCUT2D eigenvalue weighted by Crippen LogP contribution is 2.33. The van der Waals surface area contributed by atoms with E-state index in [1.807, 2.05) is 0 Å². The summed E-state index contributed by atoms with van der Waals surface area (Å²) < 4.78 is 37.7. The van der Waals surface area contributed by atoms with Gasteiger partial charge in [0.1, 0.15) is 5.82 Å². The summed E-state index contributed by atoms with van der Waals surface area (Å²) in [4.78, 5) is 3.71. The Bertz CT molecular complexity index is 339. The van der Waals surface area contributed by atoms with Crippen molar-refractivity contribution in [2.75, 3.05) is 18.4 Å². The van der Waals surface area contributed by atoms with Crippen LogP contribution in [0.1, 0.15) is 24.8 Å². The van der Waals surface area contributed by atoms with Crippen molar-refractivity contribution in [3.05, 3.63) is 23.9 Å². The molecule has 0 aliphatic carbocycles. The molecule has 17 heavy (non-hydrogen) atoms. The van der Waals surface area contributed by atoms with E-state index in [2.05, 4.69) is 10.3 Å². The number of nitrogens with two attached hydrogens (primary N) is 1. The van der Waals surface area contributed by atoms with Gasteiger partial charge in [-0.05, 0) is 31.5 Å². The molecule has 0 fully saturated rings. The van der Waals surface area contributed by atoms with E-state index >= 15 is 0 Å². The molecule has 0 aliphatic heterocycles. The summed E-state index contributed by atoms with van der Waals surface area (Å²) in [5, 5.41) is 2.71. The molecule has 3 nitrogen and oxygen atoms in total. The lowest BCUT2D eigenvalue weighted by molar-refractivity contribution is -0.137. The van der Waals surface area contributed by atoms with Gasteiger partial charge >= 0.3 is 6.18 Å². The number of aromatic nitrogens is 1. The Labute approximate surface area is 98.2 Å². The van der Waals surface area contributed by atoms with Crippen molar-refractivity contribution in [1.29, 1.82) is 0 Å². The van der Waals surface area contributed by atoms with E-state index in [-0.39, 0.29) is 5.82 Å². The van der Waals surface area contributed by atoms with E-state index in [1.165, 1.54) is 12.3 Å². The van der Waals surface area contributed by atoms with Crippen LogP contribution in [0.3, 0.4) is 0 Å². The third-order valence-corrected chi connectivity index (χ3v) is 2.29. The van der Waals surface area contributed by atoms with E-state index in [1.54, 1.807) is 0 Å². The third kappa shape index (κ3) is 4.60. The maximum atomic E-state index is 12.6. The molecule has 0 bridgehead atoms. The number of nitrogens with zero attached hydrogens (tertiary/aromatic N) is 1. The van der Waals surface area contributed by atoms with Crippen LogP contribution >= 0.6 is 0 Å². The normalized spacial score (nSPS) is 11.5. The molecule has 6 heteroatoms. The van der Waals surface area contributed by atoms with Crippen LogP contribution in [0.5, 0.6) is 0 Å². The first-order valence-corrected chi connectivity index (χ1v) is 5.52. The van der Waals surface area contributed by atoms with Gasteiger partial charge in [0.15, 0.2) is 0 Å². The van der Waals surface area contributed by atoms with Crippen LogP contribution in [0.2, 0.25) is 0 Å². The van der Waals surface area contributed by atoms with Crippen LogP contribution in [0, 0.1) is 0 Å². The lowest BCUT2D eigenvalue weighted by atomic mass is 10.2. The largest absolute Gasteiger partial charge is 0.419 e. The molecule has 0 atom stereocenters. The van der Waals surface area contributed by atoms with Gasteiger partial charge in [-0.1, -0.05) is 6.42 Å². The average Bonchev–Trinajstić information content (AvgIpc) is 2.28. The van der Waals surface area contributed by atoms with Crippen molar-refractivity contribution in [3.8, 4) is 0 Å². The molecule has 0 unspecified atom stereocenters. The SMILES string of the molecule is NCCCCCNc1ncccc1C(F)(F)F. The second kappa shape index (κ2) is 6.44. The Kier molecular flexibility index (Phi) is 5.21. The van der Waals surface area contributed by atoms with Gasteiger partial charge in [0, 0.05) is 12.7 Å². The van der Waals surface area contributed by atoms with Crippen molar-refractivity contribution in [3.63, 3.8) is 0 Å². The highest BCUT2D eigenvalue weighted by atomic mass is 19.4. The number of halogens is 3. The van der Waals surface area contributed by atoms with Gasteiger partial charge < -0.3 is 11.1 Å². The molecule has 3 N–H and O–H groups in total. The van der Waals surface area contributed by atoms with E-state index in [9.17, 15) is 13.2 Å². The number of pyridine rings is 1. The van der Waals surface area contributed by atoms with Crippen molar-refractivity contribution in [1.82, 2.24) is 4.98 Å². The smallest absolute Gasteiger partial charge is 0.370 e. The van der Waals surface area contributed by atoms with Crippen LogP contribution in [-0.2, 0) is 6.18 Å². The number of hydrogen-bond donors (Lipinski definition) is 2. The lowest BCUT2D eigenvalue weighted by Crippen LogP contribution is -2.13. The number of unbranched alkanes of at least 4 members (excludes halogenated alkanes) is 2. The van der Waals surface area contributed by atoms with Gasteiger partial charge in [0.2, 0.25) is 0 Å². The molecule has 0 aliphatic rings. The molecule has 1 aromatic rings. The lowest BCUT2D eigenvalue weighted by Gasteiger charge is -2.12. The number of anilines is 1.